The van der Waals surface area contributed by atoms with Crippen molar-refractivity contribution >= 4 is 17.5 Å². The normalized spacial score (nSPS) is 22.1. The molecule has 2 heterocycles. The Balaban J connectivity index is 1.71. The van der Waals surface area contributed by atoms with Crippen molar-refractivity contribution in [2.45, 2.75) is 32.2 Å². The first-order valence-electron chi connectivity index (χ1n) is 8.66. The van der Waals surface area contributed by atoms with Crippen molar-refractivity contribution in [2.24, 2.45) is 11.7 Å². The molecule has 2 aliphatic heterocycles. The van der Waals surface area contributed by atoms with E-state index in [1.807, 2.05) is 36.1 Å². The lowest BCUT2D eigenvalue weighted by molar-refractivity contribution is -0.136. The number of anilines is 1. The van der Waals surface area contributed by atoms with Crippen LogP contribution >= 0.6 is 0 Å². The van der Waals surface area contributed by atoms with Gasteiger partial charge in [0.1, 0.15) is 5.75 Å². The fraction of sp³-hybridized carbons (Fsp3) is 0.556. The molecule has 1 aromatic carbocycles. The fourth-order valence-electron chi connectivity index (χ4n) is 3.44. The summed E-state index contributed by atoms with van der Waals surface area (Å²) in [5, 5.41) is 0. The predicted molar refractivity (Wildman–Crippen MR) is 91.9 cm³/mol. The number of nitrogens with zero attached hydrogens (tertiary/aromatic N) is 2. The van der Waals surface area contributed by atoms with Crippen molar-refractivity contribution in [3.8, 4) is 5.75 Å². The monoisotopic (exact) mass is 331 g/mol. The van der Waals surface area contributed by atoms with Crippen molar-refractivity contribution in [3.63, 3.8) is 0 Å². The molecule has 6 nitrogen and oxygen atoms in total. The molecule has 24 heavy (non-hydrogen) atoms. The summed E-state index contributed by atoms with van der Waals surface area (Å²) in [4.78, 5) is 28.7. The highest BCUT2D eigenvalue weighted by Crippen LogP contribution is 2.33. The van der Waals surface area contributed by atoms with E-state index in [0.29, 0.717) is 32.0 Å². The van der Waals surface area contributed by atoms with Gasteiger partial charge in [-0.15, -0.1) is 0 Å². The maximum atomic E-state index is 12.7. The minimum absolute atomic E-state index is 0.0192. The van der Waals surface area contributed by atoms with Crippen LogP contribution < -0.4 is 15.4 Å². The molecule has 0 radical (unpaired) electrons. The molecular weight excluding hydrogens is 306 g/mol. The summed E-state index contributed by atoms with van der Waals surface area (Å²) in [6, 6.07) is 7.68. The van der Waals surface area contributed by atoms with Crippen LogP contribution in [0.5, 0.6) is 5.75 Å². The van der Waals surface area contributed by atoms with Crippen LogP contribution in [-0.4, -0.2) is 49.0 Å². The zero-order valence-corrected chi connectivity index (χ0v) is 14.1. The van der Waals surface area contributed by atoms with Gasteiger partial charge in [0.25, 0.3) is 0 Å². The van der Waals surface area contributed by atoms with Gasteiger partial charge in [-0.25, -0.2) is 0 Å². The fourth-order valence-corrected chi connectivity index (χ4v) is 3.44. The number of para-hydroxylation sites is 2. The zero-order valence-electron chi connectivity index (χ0n) is 14.1. The Kier molecular flexibility index (Phi) is 5.04. The largest absolute Gasteiger partial charge is 0.492 e. The molecule has 1 unspecified atom stereocenters. The number of nitrogens with two attached hydrogens (primary N) is 1. The van der Waals surface area contributed by atoms with Gasteiger partial charge in [-0.3, -0.25) is 9.59 Å². The van der Waals surface area contributed by atoms with Crippen molar-refractivity contribution in [3.05, 3.63) is 24.3 Å². The third kappa shape index (κ3) is 3.38. The Hall–Kier alpha value is -2.08. The van der Waals surface area contributed by atoms with E-state index >= 15 is 0 Å². The molecule has 1 atom stereocenters. The van der Waals surface area contributed by atoms with Crippen LogP contribution in [0.15, 0.2) is 24.3 Å². The number of piperidine rings is 1. The van der Waals surface area contributed by atoms with Crippen LogP contribution in [0.4, 0.5) is 5.69 Å². The van der Waals surface area contributed by atoms with Crippen molar-refractivity contribution < 1.29 is 14.3 Å². The summed E-state index contributed by atoms with van der Waals surface area (Å²) in [5.41, 5.74) is 6.65. The Morgan fingerprint density at radius 1 is 1.29 bits per heavy atom. The van der Waals surface area contributed by atoms with E-state index in [1.54, 1.807) is 4.90 Å². The van der Waals surface area contributed by atoms with Crippen LogP contribution in [-0.2, 0) is 9.59 Å². The molecule has 6 heteroatoms. The summed E-state index contributed by atoms with van der Waals surface area (Å²) < 4.78 is 5.62. The summed E-state index contributed by atoms with van der Waals surface area (Å²) in [6.07, 6.45) is 1.94. The van der Waals surface area contributed by atoms with Crippen molar-refractivity contribution in [2.75, 3.05) is 31.1 Å². The van der Waals surface area contributed by atoms with Crippen molar-refractivity contribution in [1.82, 2.24) is 4.90 Å². The number of rotatable bonds is 4. The predicted octanol–water partition coefficient (Wildman–Crippen LogP) is 1.39. The number of amides is 2. The van der Waals surface area contributed by atoms with E-state index in [9.17, 15) is 9.59 Å². The van der Waals surface area contributed by atoms with Crippen LogP contribution in [0.1, 0.15) is 26.2 Å². The molecular formula is C18H25N3O3. The number of ether oxygens (including phenoxy) is 1. The van der Waals surface area contributed by atoms with Gasteiger partial charge in [0.2, 0.25) is 11.8 Å². The smallest absolute Gasteiger partial charge is 0.228 e. The van der Waals surface area contributed by atoms with Crippen LogP contribution in [0.3, 0.4) is 0 Å². The van der Waals surface area contributed by atoms with Gasteiger partial charge in [0.15, 0.2) is 0 Å². The minimum atomic E-state index is -0.276. The molecule has 0 bridgehead atoms. The molecule has 3 rings (SSSR count). The quantitative estimate of drug-likeness (QED) is 0.904. The first kappa shape index (κ1) is 16.8. The van der Waals surface area contributed by atoms with E-state index in [4.69, 9.17) is 10.5 Å². The second-order valence-electron chi connectivity index (χ2n) is 6.47. The minimum Gasteiger partial charge on any atom is -0.492 e. The third-order valence-electron chi connectivity index (χ3n) is 4.78. The molecule has 130 valence electrons. The molecule has 2 fully saturated rings. The molecule has 2 saturated heterocycles. The summed E-state index contributed by atoms with van der Waals surface area (Å²) >= 11 is 0. The van der Waals surface area contributed by atoms with E-state index in [1.165, 1.54) is 0 Å². The van der Waals surface area contributed by atoms with E-state index in [-0.39, 0.29) is 30.2 Å². The van der Waals surface area contributed by atoms with E-state index < -0.39 is 0 Å². The second kappa shape index (κ2) is 7.21. The van der Waals surface area contributed by atoms with Crippen LogP contribution in [0.2, 0.25) is 0 Å². The molecule has 2 aliphatic rings. The van der Waals surface area contributed by atoms with Crippen LogP contribution in [0, 0.1) is 5.92 Å². The number of hydrogen-bond acceptors (Lipinski definition) is 4. The molecule has 0 spiro atoms. The van der Waals surface area contributed by atoms with Gasteiger partial charge in [-0.2, -0.15) is 0 Å². The van der Waals surface area contributed by atoms with Gasteiger partial charge in [-0.1, -0.05) is 12.1 Å². The Morgan fingerprint density at radius 2 is 2.00 bits per heavy atom. The number of hydrogen-bond donors (Lipinski definition) is 1. The topological polar surface area (TPSA) is 75.9 Å². The lowest BCUT2D eigenvalue weighted by Crippen LogP contribution is -2.45. The van der Waals surface area contributed by atoms with Gasteiger partial charge in [0.05, 0.1) is 18.2 Å². The molecule has 0 aliphatic carbocycles. The number of likely N-dealkylation sites (tertiary alicyclic amines) is 1. The summed E-state index contributed by atoms with van der Waals surface area (Å²) in [7, 11) is 0. The van der Waals surface area contributed by atoms with Gasteiger partial charge >= 0.3 is 0 Å². The molecule has 0 aromatic heterocycles. The summed E-state index contributed by atoms with van der Waals surface area (Å²) in [5.74, 6) is 0.466. The Morgan fingerprint density at radius 3 is 2.71 bits per heavy atom. The SMILES string of the molecule is CCOc1ccccc1N1CC(C(=O)N2CCC(N)CC2)CC1=O. The maximum Gasteiger partial charge on any atom is 0.228 e. The number of benzene rings is 1. The highest BCUT2D eigenvalue weighted by molar-refractivity contribution is 6.01. The van der Waals surface area contributed by atoms with Gasteiger partial charge in [-0.05, 0) is 31.9 Å². The standard InChI is InChI=1S/C18H25N3O3/c1-2-24-16-6-4-3-5-15(16)21-12-13(11-17(21)22)18(23)20-9-7-14(19)8-10-20/h3-6,13-14H,2,7-12,19H2,1H3. The van der Waals surface area contributed by atoms with Crippen LogP contribution in [0.25, 0.3) is 0 Å². The molecule has 1 aromatic rings. The number of carbonyl (C=O) groups is 2. The lowest BCUT2D eigenvalue weighted by atomic mass is 10.0. The van der Waals surface area contributed by atoms with Gasteiger partial charge in [0, 0.05) is 32.1 Å². The third-order valence-corrected chi connectivity index (χ3v) is 4.78. The zero-order chi connectivity index (χ0) is 17.1. The highest BCUT2D eigenvalue weighted by Gasteiger charge is 2.38. The average Bonchev–Trinajstić information content (AvgIpc) is 2.97. The van der Waals surface area contributed by atoms with E-state index in [2.05, 4.69) is 0 Å². The first-order chi connectivity index (χ1) is 11.6. The number of carbonyl (C=O) groups excluding carboxylic acids is 2. The Labute approximate surface area is 142 Å². The lowest BCUT2D eigenvalue weighted by Gasteiger charge is -2.32. The molecule has 2 amide bonds. The van der Waals surface area contributed by atoms with Crippen molar-refractivity contribution in [1.29, 1.82) is 0 Å². The second-order valence-corrected chi connectivity index (χ2v) is 6.47. The molecule has 2 N–H and O–H groups in total. The average molecular weight is 331 g/mol. The van der Waals surface area contributed by atoms with E-state index in [0.717, 1.165) is 18.5 Å². The molecule has 0 saturated carbocycles. The summed E-state index contributed by atoms with van der Waals surface area (Å²) in [6.45, 7) is 4.26. The van der Waals surface area contributed by atoms with Gasteiger partial charge < -0.3 is 20.3 Å². The Bertz CT molecular complexity index is 611. The maximum absolute atomic E-state index is 12.7. The highest BCUT2D eigenvalue weighted by atomic mass is 16.5. The first-order valence-corrected chi connectivity index (χ1v) is 8.66.